The molecule has 1 N–H and O–H groups in total. The minimum Gasteiger partial charge on any atom is -0.336 e. The molecule has 0 aliphatic carbocycles. The molecule has 0 spiro atoms. The van der Waals surface area contributed by atoms with Crippen LogP contribution in [0.25, 0.3) is 5.69 Å². The first-order valence-corrected chi connectivity index (χ1v) is 7.72. The fourth-order valence-electron chi connectivity index (χ4n) is 3.05. The Balaban J connectivity index is 0.00000192. The van der Waals surface area contributed by atoms with Crippen LogP contribution >= 0.6 is 12.4 Å². The fourth-order valence-corrected chi connectivity index (χ4v) is 3.05. The average Bonchev–Trinajstić information content (AvgIpc) is 2.82. The largest absolute Gasteiger partial charge is 0.336 e. The summed E-state index contributed by atoms with van der Waals surface area (Å²) in [6, 6.07) is 10.3. The number of carbonyl (C=O) groups is 1. The van der Waals surface area contributed by atoms with E-state index in [4.69, 9.17) is 0 Å². The van der Waals surface area contributed by atoms with Crippen LogP contribution in [0.4, 0.5) is 0 Å². The second kappa shape index (κ2) is 7.15. The Morgan fingerprint density at radius 1 is 1.26 bits per heavy atom. The summed E-state index contributed by atoms with van der Waals surface area (Å²) in [4.78, 5) is 14.8. The van der Waals surface area contributed by atoms with Crippen LogP contribution in [0.1, 0.15) is 28.7 Å². The summed E-state index contributed by atoms with van der Waals surface area (Å²) in [7, 11) is 0. The van der Waals surface area contributed by atoms with E-state index in [-0.39, 0.29) is 18.3 Å². The molecule has 1 aliphatic heterocycles. The van der Waals surface area contributed by atoms with Gasteiger partial charge in [0.25, 0.3) is 5.91 Å². The quantitative estimate of drug-likeness (QED) is 0.917. The SMILES string of the molecule is Cc1nn(-c2ccccc2)c(C)c1C(=O)N1CCNC(C)C1.Cl. The molecule has 2 heterocycles. The van der Waals surface area contributed by atoms with Crippen molar-refractivity contribution >= 4 is 18.3 Å². The number of benzene rings is 1. The first-order valence-electron chi connectivity index (χ1n) is 7.72. The van der Waals surface area contributed by atoms with Gasteiger partial charge in [-0.05, 0) is 32.9 Å². The van der Waals surface area contributed by atoms with Crippen LogP contribution in [0.2, 0.25) is 0 Å². The molecule has 0 bridgehead atoms. The second-order valence-electron chi connectivity index (χ2n) is 5.90. The van der Waals surface area contributed by atoms with Gasteiger partial charge in [0.2, 0.25) is 0 Å². The van der Waals surface area contributed by atoms with E-state index >= 15 is 0 Å². The second-order valence-corrected chi connectivity index (χ2v) is 5.90. The topological polar surface area (TPSA) is 50.2 Å². The molecule has 1 saturated heterocycles. The van der Waals surface area contributed by atoms with Crippen molar-refractivity contribution in [3.8, 4) is 5.69 Å². The Hall–Kier alpha value is -1.85. The van der Waals surface area contributed by atoms with Crippen LogP contribution in [0.3, 0.4) is 0 Å². The summed E-state index contributed by atoms with van der Waals surface area (Å²) in [5.74, 6) is 0.0885. The van der Waals surface area contributed by atoms with Gasteiger partial charge in [0.1, 0.15) is 0 Å². The molecular weight excluding hydrogens is 312 g/mol. The molecule has 1 aliphatic rings. The van der Waals surface area contributed by atoms with Gasteiger partial charge in [0, 0.05) is 25.7 Å². The number of hydrogen-bond acceptors (Lipinski definition) is 3. The monoisotopic (exact) mass is 334 g/mol. The zero-order valence-corrected chi connectivity index (χ0v) is 14.6. The summed E-state index contributed by atoms with van der Waals surface area (Å²) >= 11 is 0. The zero-order chi connectivity index (χ0) is 15.7. The van der Waals surface area contributed by atoms with Crippen molar-refractivity contribution in [2.24, 2.45) is 0 Å². The van der Waals surface area contributed by atoms with Crippen LogP contribution in [-0.2, 0) is 0 Å². The number of aryl methyl sites for hydroxylation is 1. The molecule has 124 valence electrons. The van der Waals surface area contributed by atoms with E-state index in [1.807, 2.05) is 53.8 Å². The molecule has 1 aromatic heterocycles. The van der Waals surface area contributed by atoms with Gasteiger partial charge < -0.3 is 10.2 Å². The fraction of sp³-hybridized carbons (Fsp3) is 0.412. The summed E-state index contributed by atoms with van der Waals surface area (Å²) in [5.41, 5.74) is 3.41. The van der Waals surface area contributed by atoms with E-state index in [0.29, 0.717) is 6.04 Å². The minimum atomic E-state index is 0. The van der Waals surface area contributed by atoms with Crippen LogP contribution in [0.15, 0.2) is 30.3 Å². The van der Waals surface area contributed by atoms with Crippen molar-refractivity contribution in [1.82, 2.24) is 20.0 Å². The lowest BCUT2D eigenvalue weighted by Gasteiger charge is -2.32. The van der Waals surface area contributed by atoms with Crippen molar-refractivity contribution in [3.63, 3.8) is 0 Å². The highest BCUT2D eigenvalue weighted by Gasteiger charge is 2.26. The molecule has 1 fully saturated rings. The first kappa shape index (κ1) is 17.5. The Morgan fingerprint density at radius 2 is 1.96 bits per heavy atom. The van der Waals surface area contributed by atoms with Gasteiger partial charge in [-0.2, -0.15) is 5.10 Å². The Labute approximate surface area is 143 Å². The molecule has 6 heteroatoms. The Morgan fingerprint density at radius 3 is 2.61 bits per heavy atom. The highest BCUT2D eigenvalue weighted by atomic mass is 35.5. The molecule has 1 aromatic carbocycles. The number of piperazine rings is 1. The van der Waals surface area contributed by atoms with Gasteiger partial charge in [0.15, 0.2) is 0 Å². The maximum Gasteiger partial charge on any atom is 0.257 e. The van der Waals surface area contributed by atoms with Gasteiger partial charge in [-0.25, -0.2) is 4.68 Å². The number of hydrogen-bond donors (Lipinski definition) is 1. The molecule has 5 nitrogen and oxygen atoms in total. The lowest BCUT2D eigenvalue weighted by Crippen LogP contribution is -2.51. The molecule has 3 rings (SSSR count). The summed E-state index contributed by atoms with van der Waals surface area (Å²) in [6.07, 6.45) is 0. The number of para-hydroxylation sites is 1. The third-order valence-electron chi connectivity index (χ3n) is 4.16. The van der Waals surface area contributed by atoms with E-state index < -0.39 is 0 Å². The van der Waals surface area contributed by atoms with Gasteiger partial charge in [-0.15, -0.1) is 12.4 Å². The van der Waals surface area contributed by atoms with Crippen molar-refractivity contribution in [1.29, 1.82) is 0 Å². The number of nitrogens with one attached hydrogen (secondary N) is 1. The summed E-state index contributed by atoms with van der Waals surface area (Å²) < 4.78 is 1.86. The normalized spacial score (nSPS) is 17.7. The smallest absolute Gasteiger partial charge is 0.257 e. The van der Waals surface area contributed by atoms with E-state index in [1.54, 1.807) is 0 Å². The number of nitrogens with zero attached hydrogens (tertiary/aromatic N) is 3. The van der Waals surface area contributed by atoms with Crippen LogP contribution in [-0.4, -0.2) is 46.3 Å². The predicted octanol–water partition coefficient (Wildman–Crippen LogP) is 2.34. The number of aromatic nitrogens is 2. The van der Waals surface area contributed by atoms with Crippen molar-refractivity contribution in [3.05, 3.63) is 47.3 Å². The minimum absolute atomic E-state index is 0. The molecular formula is C17H23ClN4O. The molecule has 1 amide bonds. The first-order chi connectivity index (χ1) is 10.6. The predicted molar refractivity (Wildman–Crippen MR) is 93.7 cm³/mol. The highest BCUT2D eigenvalue weighted by molar-refractivity contribution is 5.96. The zero-order valence-electron chi connectivity index (χ0n) is 13.7. The van der Waals surface area contributed by atoms with E-state index in [9.17, 15) is 4.79 Å². The van der Waals surface area contributed by atoms with E-state index in [0.717, 1.165) is 42.3 Å². The Bertz CT molecular complexity index is 683. The van der Waals surface area contributed by atoms with Gasteiger partial charge in [-0.1, -0.05) is 18.2 Å². The maximum atomic E-state index is 12.9. The number of rotatable bonds is 2. The van der Waals surface area contributed by atoms with Crippen LogP contribution in [0.5, 0.6) is 0 Å². The molecule has 1 atom stereocenters. The van der Waals surface area contributed by atoms with Gasteiger partial charge in [-0.3, -0.25) is 4.79 Å². The van der Waals surface area contributed by atoms with Gasteiger partial charge in [0.05, 0.1) is 22.6 Å². The van der Waals surface area contributed by atoms with Crippen molar-refractivity contribution in [2.45, 2.75) is 26.8 Å². The molecule has 23 heavy (non-hydrogen) atoms. The molecule has 1 unspecified atom stereocenters. The highest BCUT2D eigenvalue weighted by Crippen LogP contribution is 2.20. The standard InChI is InChI=1S/C17H22N4O.ClH/c1-12-11-20(10-9-18-12)17(22)16-13(2)19-21(14(16)3)15-7-5-4-6-8-15;/h4-8,12,18H,9-11H2,1-3H3;1H. The molecule has 0 saturated carbocycles. The lowest BCUT2D eigenvalue weighted by atomic mass is 10.1. The van der Waals surface area contributed by atoms with Crippen molar-refractivity contribution in [2.75, 3.05) is 19.6 Å². The summed E-state index contributed by atoms with van der Waals surface area (Å²) in [5, 5.41) is 7.93. The van der Waals surface area contributed by atoms with Crippen molar-refractivity contribution < 1.29 is 4.79 Å². The van der Waals surface area contributed by atoms with E-state index in [1.165, 1.54) is 0 Å². The lowest BCUT2D eigenvalue weighted by molar-refractivity contribution is 0.0707. The van der Waals surface area contributed by atoms with Crippen LogP contribution in [0, 0.1) is 13.8 Å². The third kappa shape index (κ3) is 3.41. The summed E-state index contributed by atoms with van der Waals surface area (Å²) in [6.45, 7) is 8.31. The number of amides is 1. The van der Waals surface area contributed by atoms with E-state index in [2.05, 4.69) is 17.3 Å². The molecule has 0 radical (unpaired) electrons. The maximum absolute atomic E-state index is 12.9. The average molecular weight is 335 g/mol. The number of halogens is 1. The number of carbonyl (C=O) groups excluding carboxylic acids is 1. The third-order valence-corrected chi connectivity index (χ3v) is 4.16. The Kier molecular flexibility index (Phi) is 5.44. The van der Waals surface area contributed by atoms with Crippen LogP contribution < -0.4 is 5.32 Å². The molecule has 2 aromatic rings. The van der Waals surface area contributed by atoms with Gasteiger partial charge >= 0.3 is 0 Å².